The summed E-state index contributed by atoms with van der Waals surface area (Å²) in [7, 11) is 4.11. The molecule has 1 rings (SSSR count). The molecule has 92 valence electrons. The number of hydrogen-bond donors (Lipinski definition) is 1. The second-order valence-corrected chi connectivity index (χ2v) is 4.34. The van der Waals surface area contributed by atoms with Gasteiger partial charge in [0, 0.05) is 12.1 Å². The van der Waals surface area contributed by atoms with Crippen molar-refractivity contribution in [2.45, 2.75) is 39.3 Å². The van der Waals surface area contributed by atoms with E-state index in [0.717, 1.165) is 25.4 Å². The molecule has 0 atom stereocenters. The van der Waals surface area contributed by atoms with Crippen LogP contribution in [-0.4, -0.2) is 25.5 Å². The molecule has 0 aliphatic carbocycles. The van der Waals surface area contributed by atoms with Crippen LogP contribution in [0.3, 0.4) is 0 Å². The smallest absolute Gasteiger partial charge is 0.122 e. The van der Waals surface area contributed by atoms with Crippen LogP contribution < -0.4 is 5.32 Å². The fraction of sp³-hybridized carbons (Fsp3) is 0.692. The summed E-state index contributed by atoms with van der Waals surface area (Å²) in [5.41, 5.74) is 1.30. The number of hydrogen-bond acceptors (Lipinski definition) is 3. The van der Waals surface area contributed by atoms with E-state index in [4.69, 9.17) is 4.42 Å². The third-order valence-electron chi connectivity index (χ3n) is 2.76. The van der Waals surface area contributed by atoms with Gasteiger partial charge in [-0.3, -0.25) is 0 Å². The molecule has 0 saturated carbocycles. The van der Waals surface area contributed by atoms with Gasteiger partial charge in [-0.2, -0.15) is 0 Å². The Balaban J connectivity index is 2.36. The summed E-state index contributed by atoms with van der Waals surface area (Å²) in [5.74, 6) is 1.06. The van der Waals surface area contributed by atoms with Crippen molar-refractivity contribution in [1.29, 1.82) is 0 Å². The fourth-order valence-electron chi connectivity index (χ4n) is 1.83. The molecule has 1 aromatic heterocycles. The molecule has 3 heteroatoms. The highest BCUT2D eigenvalue weighted by Gasteiger charge is 2.07. The molecule has 1 heterocycles. The third kappa shape index (κ3) is 4.37. The molecular weight excluding hydrogens is 200 g/mol. The van der Waals surface area contributed by atoms with E-state index in [-0.39, 0.29) is 0 Å². The lowest BCUT2D eigenvalue weighted by Crippen LogP contribution is -2.20. The minimum absolute atomic E-state index is 0.811. The average Bonchev–Trinajstić information content (AvgIpc) is 2.67. The Kier molecular flexibility index (Phi) is 6.19. The largest absolute Gasteiger partial charge is 0.468 e. The van der Waals surface area contributed by atoms with Crippen LogP contribution in [0.5, 0.6) is 0 Å². The predicted molar refractivity (Wildman–Crippen MR) is 67.3 cm³/mol. The molecule has 0 spiro atoms. The van der Waals surface area contributed by atoms with Crippen molar-refractivity contribution in [3.8, 4) is 0 Å². The first kappa shape index (κ1) is 13.3. The lowest BCUT2D eigenvalue weighted by molar-refractivity contribution is 0.314. The topological polar surface area (TPSA) is 28.4 Å². The molecule has 0 aliphatic rings. The molecule has 1 aromatic rings. The number of nitrogens with zero attached hydrogens (tertiary/aromatic N) is 1. The maximum Gasteiger partial charge on any atom is 0.122 e. The van der Waals surface area contributed by atoms with Gasteiger partial charge in [-0.1, -0.05) is 19.8 Å². The Morgan fingerprint density at radius 2 is 2.19 bits per heavy atom. The Bertz CT molecular complexity index is 283. The molecule has 16 heavy (non-hydrogen) atoms. The maximum atomic E-state index is 5.44. The quantitative estimate of drug-likeness (QED) is 0.688. The van der Waals surface area contributed by atoms with Crippen LogP contribution in [0.25, 0.3) is 0 Å². The Hall–Kier alpha value is -0.800. The summed E-state index contributed by atoms with van der Waals surface area (Å²) >= 11 is 0. The van der Waals surface area contributed by atoms with Gasteiger partial charge in [0.05, 0.1) is 12.8 Å². The van der Waals surface area contributed by atoms with E-state index in [0.29, 0.717) is 0 Å². The van der Waals surface area contributed by atoms with Gasteiger partial charge in [0.25, 0.3) is 0 Å². The van der Waals surface area contributed by atoms with E-state index in [1.165, 1.54) is 24.8 Å². The van der Waals surface area contributed by atoms with Crippen LogP contribution in [0.4, 0.5) is 0 Å². The third-order valence-corrected chi connectivity index (χ3v) is 2.76. The van der Waals surface area contributed by atoms with Crippen LogP contribution in [0.15, 0.2) is 16.7 Å². The van der Waals surface area contributed by atoms with E-state index in [9.17, 15) is 0 Å². The van der Waals surface area contributed by atoms with Gasteiger partial charge in [-0.15, -0.1) is 0 Å². The number of unbranched alkanes of at least 4 members (excludes halogenated alkanes) is 2. The zero-order chi connectivity index (χ0) is 11.8. The standard InChI is InChI=1S/C13H24N2O/c1-4-5-6-8-15(3)11-12-7-9-16-13(12)10-14-2/h7,9,14H,4-6,8,10-11H2,1-3H3. The second-order valence-electron chi connectivity index (χ2n) is 4.34. The van der Waals surface area contributed by atoms with Crippen LogP contribution in [0.2, 0.25) is 0 Å². The van der Waals surface area contributed by atoms with Crippen molar-refractivity contribution in [2.75, 3.05) is 20.6 Å². The van der Waals surface area contributed by atoms with Crippen molar-refractivity contribution in [3.05, 3.63) is 23.7 Å². The van der Waals surface area contributed by atoms with E-state index in [1.807, 2.05) is 7.05 Å². The summed E-state index contributed by atoms with van der Waals surface area (Å²) in [6.45, 7) is 5.20. The molecule has 1 N–H and O–H groups in total. The first-order valence-electron chi connectivity index (χ1n) is 6.16. The van der Waals surface area contributed by atoms with Gasteiger partial charge in [-0.25, -0.2) is 0 Å². The van der Waals surface area contributed by atoms with Gasteiger partial charge in [0.2, 0.25) is 0 Å². The van der Waals surface area contributed by atoms with E-state index >= 15 is 0 Å². The first-order valence-corrected chi connectivity index (χ1v) is 6.16. The van der Waals surface area contributed by atoms with Gasteiger partial charge < -0.3 is 14.6 Å². The minimum Gasteiger partial charge on any atom is -0.468 e. The molecule has 0 aromatic carbocycles. The predicted octanol–water partition coefficient (Wildman–Crippen LogP) is 2.62. The summed E-state index contributed by atoms with van der Waals surface area (Å²) in [5, 5.41) is 3.12. The minimum atomic E-state index is 0.811. The van der Waals surface area contributed by atoms with Crippen molar-refractivity contribution in [1.82, 2.24) is 10.2 Å². The molecule has 0 fully saturated rings. The Morgan fingerprint density at radius 3 is 2.88 bits per heavy atom. The Labute approximate surface area is 98.8 Å². The van der Waals surface area contributed by atoms with Crippen molar-refractivity contribution in [3.63, 3.8) is 0 Å². The van der Waals surface area contributed by atoms with E-state index < -0.39 is 0 Å². The highest BCUT2D eigenvalue weighted by atomic mass is 16.3. The van der Waals surface area contributed by atoms with Gasteiger partial charge in [-0.05, 0) is 33.1 Å². The summed E-state index contributed by atoms with van der Waals surface area (Å²) < 4.78 is 5.44. The zero-order valence-corrected chi connectivity index (χ0v) is 10.8. The average molecular weight is 224 g/mol. The number of nitrogens with one attached hydrogen (secondary N) is 1. The van der Waals surface area contributed by atoms with E-state index in [2.05, 4.69) is 30.3 Å². The van der Waals surface area contributed by atoms with Crippen LogP contribution in [0.1, 0.15) is 37.5 Å². The van der Waals surface area contributed by atoms with Crippen LogP contribution in [0, 0.1) is 0 Å². The number of furan rings is 1. The van der Waals surface area contributed by atoms with Gasteiger partial charge in [0.15, 0.2) is 0 Å². The molecule has 0 amide bonds. The lowest BCUT2D eigenvalue weighted by atomic mass is 10.2. The molecule has 0 aliphatic heterocycles. The number of rotatable bonds is 8. The van der Waals surface area contributed by atoms with Gasteiger partial charge >= 0.3 is 0 Å². The van der Waals surface area contributed by atoms with Crippen LogP contribution in [-0.2, 0) is 13.1 Å². The van der Waals surface area contributed by atoms with Crippen molar-refractivity contribution < 1.29 is 4.42 Å². The van der Waals surface area contributed by atoms with Crippen LogP contribution >= 0.6 is 0 Å². The molecule has 3 nitrogen and oxygen atoms in total. The highest BCUT2D eigenvalue weighted by Crippen LogP contribution is 2.12. The summed E-state index contributed by atoms with van der Waals surface area (Å²) in [6.07, 6.45) is 5.66. The molecule has 0 unspecified atom stereocenters. The van der Waals surface area contributed by atoms with E-state index in [1.54, 1.807) is 6.26 Å². The highest BCUT2D eigenvalue weighted by molar-refractivity contribution is 5.16. The fourth-order valence-corrected chi connectivity index (χ4v) is 1.83. The molecule has 0 bridgehead atoms. The summed E-state index contributed by atoms with van der Waals surface area (Å²) in [6, 6.07) is 2.07. The van der Waals surface area contributed by atoms with Crippen molar-refractivity contribution in [2.24, 2.45) is 0 Å². The lowest BCUT2D eigenvalue weighted by Gasteiger charge is -2.16. The monoisotopic (exact) mass is 224 g/mol. The second kappa shape index (κ2) is 7.47. The van der Waals surface area contributed by atoms with Gasteiger partial charge in [0.1, 0.15) is 5.76 Å². The molecular formula is C13H24N2O. The normalized spacial score (nSPS) is 11.2. The zero-order valence-electron chi connectivity index (χ0n) is 10.8. The molecule has 0 saturated heterocycles. The first-order chi connectivity index (χ1) is 7.77. The molecule has 0 radical (unpaired) electrons. The van der Waals surface area contributed by atoms with Crippen molar-refractivity contribution >= 4 is 0 Å². The SMILES string of the molecule is CCCCCN(C)Cc1ccoc1CNC. The Morgan fingerprint density at radius 1 is 1.38 bits per heavy atom. The maximum absolute atomic E-state index is 5.44. The summed E-state index contributed by atoms with van der Waals surface area (Å²) in [4.78, 5) is 2.36.